The highest BCUT2D eigenvalue weighted by Gasteiger charge is 2.51. The van der Waals surface area contributed by atoms with Crippen molar-refractivity contribution in [3.8, 4) is 0 Å². The highest BCUT2D eigenvalue weighted by molar-refractivity contribution is 5.95. The lowest BCUT2D eigenvalue weighted by atomic mass is 10.0. The number of carbonyl (C=O) groups is 3. The van der Waals surface area contributed by atoms with Crippen molar-refractivity contribution in [2.45, 2.75) is 45.4 Å². The average Bonchev–Trinajstić information content (AvgIpc) is 3.34. The molecule has 0 spiro atoms. The Balaban J connectivity index is 1.94. The van der Waals surface area contributed by atoms with E-state index in [2.05, 4.69) is 17.1 Å². The summed E-state index contributed by atoms with van der Waals surface area (Å²) in [5.41, 5.74) is 0. The molecule has 0 aromatic carbocycles. The van der Waals surface area contributed by atoms with Crippen LogP contribution in [0, 0.1) is 5.92 Å². The maximum absolute atomic E-state index is 12.8. The Hall–Kier alpha value is -1.67. The first kappa shape index (κ1) is 18.7. The Labute approximate surface area is 142 Å². The van der Waals surface area contributed by atoms with Gasteiger partial charge in [-0.2, -0.15) is 0 Å². The second-order valence-electron chi connectivity index (χ2n) is 6.77. The van der Waals surface area contributed by atoms with Crippen LogP contribution < -0.4 is 5.32 Å². The summed E-state index contributed by atoms with van der Waals surface area (Å²) >= 11 is 0. The number of rotatable bonds is 7. The van der Waals surface area contributed by atoms with Crippen LogP contribution in [0.4, 0.5) is 0 Å². The Morgan fingerprint density at radius 2 is 1.79 bits per heavy atom. The number of nitrogens with one attached hydrogen (secondary N) is 1. The first-order valence-electron chi connectivity index (χ1n) is 8.53. The van der Waals surface area contributed by atoms with Gasteiger partial charge >= 0.3 is 5.97 Å². The Bertz CT molecular complexity index is 488. The lowest BCUT2D eigenvalue weighted by molar-refractivity contribution is -0.138. The SMILES string of the molecule is CCN1CCN(C(=O)[C@H](CC(C)C)NC(=O)[C@H]2O[C@@H]2C(=O)O)CC1. The van der Waals surface area contributed by atoms with E-state index in [0.29, 0.717) is 19.5 Å². The van der Waals surface area contributed by atoms with E-state index < -0.39 is 30.1 Å². The number of likely N-dealkylation sites (N-methyl/N-ethyl adjacent to an activating group) is 1. The minimum absolute atomic E-state index is 0.0969. The van der Waals surface area contributed by atoms with Crippen molar-refractivity contribution in [1.82, 2.24) is 15.1 Å². The third-order valence-corrected chi connectivity index (χ3v) is 4.45. The standard InChI is InChI=1S/C16H27N3O5/c1-4-18-5-7-19(8-6-18)15(21)11(9-10(2)3)17-14(20)12-13(24-12)16(22)23/h10-13H,4-9H2,1-3H3,(H,17,20)(H,22,23)/t11-,12-,13-/m0/s1. The van der Waals surface area contributed by atoms with Gasteiger partial charge in [0.05, 0.1) is 0 Å². The van der Waals surface area contributed by atoms with Crippen molar-refractivity contribution in [3.05, 3.63) is 0 Å². The zero-order chi connectivity index (χ0) is 17.9. The third kappa shape index (κ3) is 4.67. The smallest absolute Gasteiger partial charge is 0.336 e. The molecule has 8 heteroatoms. The van der Waals surface area contributed by atoms with Gasteiger partial charge in [-0.05, 0) is 18.9 Å². The first-order valence-corrected chi connectivity index (χ1v) is 8.53. The normalized spacial score (nSPS) is 25.4. The van der Waals surface area contributed by atoms with Crippen LogP contribution in [0.15, 0.2) is 0 Å². The summed E-state index contributed by atoms with van der Waals surface area (Å²) in [4.78, 5) is 39.7. The van der Waals surface area contributed by atoms with E-state index in [-0.39, 0.29) is 11.8 Å². The number of amides is 2. The fourth-order valence-electron chi connectivity index (χ4n) is 2.95. The summed E-state index contributed by atoms with van der Waals surface area (Å²) in [6.45, 7) is 9.97. The molecule has 0 saturated carbocycles. The van der Waals surface area contributed by atoms with E-state index in [0.717, 1.165) is 19.6 Å². The third-order valence-electron chi connectivity index (χ3n) is 4.45. The summed E-state index contributed by atoms with van der Waals surface area (Å²) in [5, 5.41) is 11.5. The molecule has 2 aliphatic heterocycles. The van der Waals surface area contributed by atoms with Gasteiger partial charge in [-0.15, -0.1) is 0 Å². The molecule has 2 aliphatic rings. The molecular weight excluding hydrogens is 314 g/mol. The quantitative estimate of drug-likeness (QED) is 0.607. The molecule has 0 aliphatic carbocycles. The van der Waals surface area contributed by atoms with E-state index in [1.807, 2.05) is 13.8 Å². The highest BCUT2D eigenvalue weighted by Crippen LogP contribution is 2.23. The van der Waals surface area contributed by atoms with Gasteiger partial charge in [-0.1, -0.05) is 20.8 Å². The molecule has 2 fully saturated rings. The summed E-state index contributed by atoms with van der Waals surface area (Å²) in [6.07, 6.45) is -1.56. The summed E-state index contributed by atoms with van der Waals surface area (Å²) in [7, 11) is 0. The second-order valence-corrected chi connectivity index (χ2v) is 6.77. The number of aliphatic carboxylic acids is 1. The monoisotopic (exact) mass is 341 g/mol. The molecule has 0 bridgehead atoms. The summed E-state index contributed by atoms with van der Waals surface area (Å²) < 4.78 is 4.86. The van der Waals surface area contributed by atoms with Crippen molar-refractivity contribution in [2.24, 2.45) is 5.92 Å². The van der Waals surface area contributed by atoms with Crippen LogP contribution in [0.25, 0.3) is 0 Å². The van der Waals surface area contributed by atoms with E-state index in [1.54, 1.807) is 4.90 Å². The average molecular weight is 341 g/mol. The minimum Gasteiger partial charge on any atom is -0.479 e. The van der Waals surface area contributed by atoms with Crippen LogP contribution in [0.1, 0.15) is 27.2 Å². The second kappa shape index (κ2) is 7.94. The van der Waals surface area contributed by atoms with Crippen LogP contribution in [0.3, 0.4) is 0 Å². The molecule has 2 saturated heterocycles. The van der Waals surface area contributed by atoms with Crippen LogP contribution in [0.5, 0.6) is 0 Å². The number of nitrogens with zero attached hydrogens (tertiary/aromatic N) is 2. The molecule has 0 aromatic rings. The molecule has 0 aromatic heterocycles. The van der Waals surface area contributed by atoms with Crippen molar-refractivity contribution >= 4 is 17.8 Å². The number of hydrogen-bond donors (Lipinski definition) is 2. The summed E-state index contributed by atoms with van der Waals surface area (Å²) in [6, 6.07) is -0.635. The van der Waals surface area contributed by atoms with Gasteiger partial charge in [0, 0.05) is 26.2 Å². The van der Waals surface area contributed by atoms with Crippen molar-refractivity contribution in [2.75, 3.05) is 32.7 Å². The van der Waals surface area contributed by atoms with Crippen LogP contribution in [-0.2, 0) is 19.1 Å². The fraction of sp³-hybridized carbons (Fsp3) is 0.812. The number of piperazine rings is 1. The number of ether oxygens (including phenoxy) is 1. The Morgan fingerprint density at radius 1 is 1.17 bits per heavy atom. The Kier molecular flexibility index (Phi) is 6.17. The topological polar surface area (TPSA) is 102 Å². The van der Waals surface area contributed by atoms with Gasteiger partial charge in [0.1, 0.15) is 6.04 Å². The molecular formula is C16H27N3O5. The number of carboxylic acids is 1. The Morgan fingerprint density at radius 3 is 2.25 bits per heavy atom. The molecule has 2 rings (SSSR count). The van der Waals surface area contributed by atoms with Crippen molar-refractivity contribution < 1.29 is 24.2 Å². The van der Waals surface area contributed by atoms with Crippen LogP contribution in [-0.4, -0.2) is 83.7 Å². The van der Waals surface area contributed by atoms with Crippen LogP contribution in [0.2, 0.25) is 0 Å². The fourth-order valence-corrected chi connectivity index (χ4v) is 2.95. The zero-order valence-electron chi connectivity index (χ0n) is 14.5. The van der Waals surface area contributed by atoms with Gasteiger partial charge in [-0.25, -0.2) is 4.79 Å². The largest absolute Gasteiger partial charge is 0.479 e. The minimum atomic E-state index is -1.16. The van der Waals surface area contributed by atoms with E-state index >= 15 is 0 Å². The van der Waals surface area contributed by atoms with Gasteiger partial charge in [0.25, 0.3) is 5.91 Å². The maximum Gasteiger partial charge on any atom is 0.336 e. The van der Waals surface area contributed by atoms with Gasteiger partial charge in [0.2, 0.25) is 5.91 Å². The molecule has 136 valence electrons. The molecule has 24 heavy (non-hydrogen) atoms. The zero-order valence-corrected chi connectivity index (χ0v) is 14.5. The number of carbonyl (C=O) groups excluding carboxylic acids is 2. The predicted molar refractivity (Wildman–Crippen MR) is 86.4 cm³/mol. The molecule has 2 amide bonds. The first-order chi connectivity index (χ1) is 11.3. The van der Waals surface area contributed by atoms with Crippen molar-refractivity contribution in [3.63, 3.8) is 0 Å². The predicted octanol–water partition coefficient (Wildman–Crippen LogP) is -0.467. The molecule has 2 heterocycles. The lowest BCUT2D eigenvalue weighted by Crippen LogP contribution is -2.55. The summed E-state index contributed by atoms with van der Waals surface area (Å²) in [5.74, 6) is -1.54. The van der Waals surface area contributed by atoms with E-state index in [4.69, 9.17) is 9.84 Å². The molecule has 0 unspecified atom stereocenters. The lowest BCUT2D eigenvalue weighted by Gasteiger charge is -2.36. The van der Waals surface area contributed by atoms with Crippen molar-refractivity contribution in [1.29, 1.82) is 0 Å². The molecule has 8 nitrogen and oxygen atoms in total. The number of epoxide rings is 1. The number of hydrogen-bond acceptors (Lipinski definition) is 5. The molecule has 0 radical (unpaired) electrons. The van der Waals surface area contributed by atoms with E-state index in [9.17, 15) is 14.4 Å². The number of carboxylic acid groups (broad SMARTS) is 1. The van der Waals surface area contributed by atoms with Gasteiger partial charge in [-0.3, -0.25) is 9.59 Å². The van der Waals surface area contributed by atoms with E-state index in [1.165, 1.54) is 0 Å². The molecule has 3 atom stereocenters. The van der Waals surface area contributed by atoms with Crippen LogP contribution >= 0.6 is 0 Å². The maximum atomic E-state index is 12.8. The molecule has 2 N–H and O–H groups in total. The highest BCUT2D eigenvalue weighted by atomic mass is 16.6. The van der Waals surface area contributed by atoms with Gasteiger partial charge < -0.3 is 25.0 Å². The van der Waals surface area contributed by atoms with Gasteiger partial charge in [0.15, 0.2) is 12.2 Å².